The van der Waals surface area contributed by atoms with E-state index in [9.17, 15) is 0 Å². The standard InChI is InChI=1S/C9H18N2O/c10-9(3-5-12-6-4-9)7-11-8-1-2-8/h8,11H,1-7,10H2. The maximum absolute atomic E-state index is 6.19. The molecule has 2 aliphatic rings. The first kappa shape index (κ1) is 8.48. The summed E-state index contributed by atoms with van der Waals surface area (Å²) in [5, 5.41) is 3.49. The molecule has 70 valence electrons. The predicted molar refractivity (Wildman–Crippen MR) is 48.0 cm³/mol. The van der Waals surface area contributed by atoms with Crippen LogP contribution in [0.25, 0.3) is 0 Å². The summed E-state index contributed by atoms with van der Waals surface area (Å²) >= 11 is 0. The topological polar surface area (TPSA) is 47.3 Å². The lowest BCUT2D eigenvalue weighted by molar-refractivity contribution is 0.0530. The first-order valence-corrected chi connectivity index (χ1v) is 4.89. The fraction of sp³-hybridized carbons (Fsp3) is 1.00. The van der Waals surface area contributed by atoms with Crippen LogP contribution >= 0.6 is 0 Å². The van der Waals surface area contributed by atoms with Crippen molar-refractivity contribution in [3.05, 3.63) is 0 Å². The SMILES string of the molecule is NC1(CNC2CC2)CCOCC1. The normalized spacial score (nSPS) is 28.8. The minimum Gasteiger partial charge on any atom is -0.381 e. The van der Waals surface area contributed by atoms with E-state index in [2.05, 4.69) is 5.32 Å². The summed E-state index contributed by atoms with van der Waals surface area (Å²) in [6, 6.07) is 0.772. The van der Waals surface area contributed by atoms with Crippen LogP contribution < -0.4 is 11.1 Å². The molecule has 0 atom stereocenters. The molecule has 3 heteroatoms. The molecule has 2 fully saturated rings. The lowest BCUT2D eigenvalue weighted by atomic mass is 9.91. The number of nitrogens with two attached hydrogens (primary N) is 1. The molecular weight excluding hydrogens is 152 g/mol. The Hall–Kier alpha value is -0.120. The van der Waals surface area contributed by atoms with Crippen molar-refractivity contribution in [3.8, 4) is 0 Å². The number of hydrogen-bond donors (Lipinski definition) is 2. The molecule has 12 heavy (non-hydrogen) atoms. The Morgan fingerprint density at radius 1 is 1.33 bits per heavy atom. The van der Waals surface area contributed by atoms with Gasteiger partial charge < -0.3 is 15.8 Å². The molecule has 0 aromatic rings. The molecule has 1 heterocycles. The smallest absolute Gasteiger partial charge is 0.0484 e. The Morgan fingerprint density at radius 2 is 2.00 bits per heavy atom. The lowest BCUT2D eigenvalue weighted by Crippen LogP contribution is -2.52. The Balaban J connectivity index is 1.73. The second-order valence-electron chi connectivity index (χ2n) is 4.13. The maximum Gasteiger partial charge on any atom is 0.0484 e. The van der Waals surface area contributed by atoms with Crippen molar-refractivity contribution >= 4 is 0 Å². The van der Waals surface area contributed by atoms with Crippen LogP contribution in [0.4, 0.5) is 0 Å². The molecule has 0 unspecified atom stereocenters. The molecule has 1 saturated carbocycles. The molecule has 1 aliphatic carbocycles. The third-order valence-electron chi connectivity index (χ3n) is 2.81. The van der Waals surface area contributed by atoms with Crippen molar-refractivity contribution < 1.29 is 4.74 Å². The second-order valence-corrected chi connectivity index (χ2v) is 4.13. The first-order valence-electron chi connectivity index (χ1n) is 4.89. The van der Waals surface area contributed by atoms with Crippen LogP contribution in [-0.4, -0.2) is 31.3 Å². The predicted octanol–water partition coefficient (Wildman–Crippen LogP) is 0.246. The zero-order chi connectivity index (χ0) is 8.44. The van der Waals surface area contributed by atoms with Gasteiger partial charge in [0.05, 0.1) is 0 Å². The van der Waals surface area contributed by atoms with Crippen molar-refractivity contribution in [3.63, 3.8) is 0 Å². The van der Waals surface area contributed by atoms with Crippen molar-refractivity contribution in [2.75, 3.05) is 19.8 Å². The third-order valence-corrected chi connectivity index (χ3v) is 2.81. The van der Waals surface area contributed by atoms with Gasteiger partial charge in [0, 0.05) is 31.3 Å². The molecule has 0 radical (unpaired) electrons. The van der Waals surface area contributed by atoms with E-state index < -0.39 is 0 Å². The van der Waals surface area contributed by atoms with Crippen LogP contribution in [-0.2, 0) is 4.74 Å². The number of rotatable bonds is 3. The molecule has 3 nitrogen and oxygen atoms in total. The van der Waals surface area contributed by atoms with Gasteiger partial charge in [-0.1, -0.05) is 0 Å². The lowest BCUT2D eigenvalue weighted by Gasteiger charge is -2.33. The average Bonchev–Trinajstić information content (AvgIpc) is 2.85. The monoisotopic (exact) mass is 170 g/mol. The Labute approximate surface area is 73.7 Å². The Morgan fingerprint density at radius 3 is 2.58 bits per heavy atom. The molecule has 0 bridgehead atoms. The second kappa shape index (κ2) is 3.32. The zero-order valence-electron chi connectivity index (χ0n) is 7.51. The number of nitrogens with one attached hydrogen (secondary N) is 1. The summed E-state index contributed by atoms with van der Waals surface area (Å²) in [5.74, 6) is 0. The van der Waals surface area contributed by atoms with Gasteiger partial charge in [-0.05, 0) is 25.7 Å². The minimum atomic E-state index is 0.0147. The summed E-state index contributed by atoms with van der Waals surface area (Å²) in [6.45, 7) is 2.65. The third kappa shape index (κ3) is 2.19. The highest BCUT2D eigenvalue weighted by Crippen LogP contribution is 2.22. The van der Waals surface area contributed by atoms with Crippen LogP contribution in [0.1, 0.15) is 25.7 Å². The largest absolute Gasteiger partial charge is 0.381 e. The van der Waals surface area contributed by atoms with Crippen LogP contribution in [0.5, 0.6) is 0 Å². The van der Waals surface area contributed by atoms with Crippen molar-refractivity contribution in [1.29, 1.82) is 0 Å². The Bertz CT molecular complexity index is 151. The molecule has 0 aromatic carbocycles. The summed E-state index contributed by atoms with van der Waals surface area (Å²) in [4.78, 5) is 0. The highest BCUT2D eigenvalue weighted by atomic mass is 16.5. The van der Waals surface area contributed by atoms with Gasteiger partial charge >= 0.3 is 0 Å². The van der Waals surface area contributed by atoms with E-state index in [1.807, 2.05) is 0 Å². The molecule has 0 amide bonds. The van der Waals surface area contributed by atoms with Gasteiger partial charge in [0.2, 0.25) is 0 Å². The molecule has 0 spiro atoms. The van der Waals surface area contributed by atoms with E-state index in [-0.39, 0.29) is 5.54 Å². The van der Waals surface area contributed by atoms with Crippen LogP contribution in [0, 0.1) is 0 Å². The quantitative estimate of drug-likeness (QED) is 0.638. The van der Waals surface area contributed by atoms with Gasteiger partial charge in [0.1, 0.15) is 0 Å². The van der Waals surface area contributed by atoms with Gasteiger partial charge in [-0.25, -0.2) is 0 Å². The number of ether oxygens (including phenoxy) is 1. The maximum atomic E-state index is 6.19. The van der Waals surface area contributed by atoms with Crippen LogP contribution in [0.2, 0.25) is 0 Å². The van der Waals surface area contributed by atoms with Crippen LogP contribution in [0.15, 0.2) is 0 Å². The molecular formula is C9H18N2O. The summed E-state index contributed by atoms with van der Waals surface area (Å²) < 4.78 is 5.28. The van der Waals surface area contributed by atoms with E-state index >= 15 is 0 Å². The summed E-state index contributed by atoms with van der Waals surface area (Å²) in [6.07, 6.45) is 4.69. The molecule has 2 rings (SSSR count). The van der Waals surface area contributed by atoms with Gasteiger partial charge in [0.15, 0.2) is 0 Å². The van der Waals surface area contributed by atoms with Gasteiger partial charge in [0.25, 0.3) is 0 Å². The molecule has 3 N–H and O–H groups in total. The highest BCUT2D eigenvalue weighted by molar-refractivity contribution is 4.92. The van der Waals surface area contributed by atoms with Gasteiger partial charge in [-0.2, -0.15) is 0 Å². The van der Waals surface area contributed by atoms with E-state index in [1.54, 1.807) is 0 Å². The van der Waals surface area contributed by atoms with Gasteiger partial charge in [-0.3, -0.25) is 0 Å². The molecule has 1 saturated heterocycles. The van der Waals surface area contributed by atoms with Crippen molar-refractivity contribution in [2.24, 2.45) is 5.73 Å². The van der Waals surface area contributed by atoms with E-state index in [1.165, 1.54) is 12.8 Å². The van der Waals surface area contributed by atoms with E-state index in [0.29, 0.717) is 0 Å². The van der Waals surface area contributed by atoms with Crippen LogP contribution in [0.3, 0.4) is 0 Å². The highest BCUT2D eigenvalue weighted by Gasteiger charge is 2.30. The van der Waals surface area contributed by atoms with Crippen molar-refractivity contribution in [1.82, 2.24) is 5.32 Å². The fourth-order valence-electron chi connectivity index (χ4n) is 1.59. The zero-order valence-corrected chi connectivity index (χ0v) is 7.51. The Kier molecular flexibility index (Phi) is 2.35. The van der Waals surface area contributed by atoms with E-state index in [4.69, 9.17) is 10.5 Å². The minimum absolute atomic E-state index is 0.0147. The van der Waals surface area contributed by atoms with Crippen molar-refractivity contribution in [2.45, 2.75) is 37.3 Å². The average molecular weight is 170 g/mol. The first-order chi connectivity index (χ1) is 5.79. The fourth-order valence-corrected chi connectivity index (χ4v) is 1.59. The molecule has 1 aliphatic heterocycles. The molecule has 0 aromatic heterocycles. The van der Waals surface area contributed by atoms with E-state index in [0.717, 1.165) is 38.6 Å². The summed E-state index contributed by atoms with van der Waals surface area (Å²) in [7, 11) is 0. The summed E-state index contributed by atoms with van der Waals surface area (Å²) in [5.41, 5.74) is 6.21. The van der Waals surface area contributed by atoms with Gasteiger partial charge in [-0.15, -0.1) is 0 Å². The number of hydrogen-bond acceptors (Lipinski definition) is 3.